The Bertz CT molecular complexity index is 1220. The highest BCUT2D eigenvalue weighted by Crippen LogP contribution is 2.37. The predicted molar refractivity (Wildman–Crippen MR) is 107 cm³/mol. The molecule has 0 aliphatic rings. The Hall–Kier alpha value is -3.26. The second-order valence-corrected chi connectivity index (χ2v) is 7.41. The molecule has 7 nitrogen and oxygen atoms in total. The number of rotatable bonds is 5. The Kier molecular flexibility index (Phi) is 4.56. The van der Waals surface area contributed by atoms with Crippen LogP contribution >= 0.6 is 11.3 Å². The Balaban J connectivity index is 1.85. The van der Waals surface area contributed by atoms with E-state index in [4.69, 9.17) is 19.6 Å². The molecule has 0 amide bonds. The van der Waals surface area contributed by atoms with E-state index in [1.165, 1.54) is 11.3 Å². The summed E-state index contributed by atoms with van der Waals surface area (Å²) in [6.45, 7) is 3.55. The third-order valence-corrected chi connectivity index (χ3v) is 5.27. The smallest absolute Gasteiger partial charge is 0.341 e. The van der Waals surface area contributed by atoms with Gasteiger partial charge in [0.2, 0.25) is 5.88 Å². The van der Waals surface area contributed by atoms with Gasteiger partial charge in [-0.2, -0.15) is 0 Å². The fourth-order valence-corrected chi connectivity index (χ4v) is 4.11. The molecule has 28 heavy (non-hydrogen) atoms. The van der Waals surface area contributed by atoms with Gasteiger partial charge in [0.25, 0.3) is 0 Å². The number of nitrogens with zero attached hydrogens (tertiary/aromatic N) is 3. The molecule has 0 aliphatic heterocycles. The Labute approximate surface area is 164 Å². The number of carboxylic acid groups (broad SMARTS) is 1. The SMILES string of the molecule is COc1cnc2c(-c3nc4c(C)cc(OCC(=O)O)cc4s3)cc(C)cc2n1. The highest BCUT2D eigenvalue weighted by molar-refractivity contribution is 7.21. The van der Waals surface area contributed by atoms with Crippen molar-refractivity contribution in [1.82, 2.24) is 15.0 Å². The van der Waals surface area contributed by atoms with E-state index in [1.807, 2.05) is 32.0 Å². The van der Waals surface area contributed by atoms with Crippen molar-refractivity contribution in [1.29, 1.82) is 0 Å². The van der Waals surface area contributed by atoms with Crippen molar-refractivity contribution in [2.24, 2.45) is 0 Å². The van der Waals surface area contributed by atoms with Crippen LogP contribution in [0, 0.1) is 13.8 Å². The number of methoxy groups -OCH3 is 1. The van der Waals surface area contributed by atoms with Gasteiger partial charge in [-0.1, -0.05) is 0 Å². The molecule has 2 heterocycles. The summed E-state index contributed by atoms with van der Waals surface area (Å²) in [7, 11) is 1.56. The first kappa shape index (κ1) is 18.1. The number of hydrogen-bond acceptors (Lipinski definition) is 7. The van der Waals surface area contributed by atoms with Crippen LogP contribution in [-0.4, -0.2) is 39.7 Å². The molecule has 4 aromatic rings. The van der Waals surface area contributed by atoms with Gasteiger partial charge in [-0.05, 0) is 49.2 Å². The number of thiazole rings is 1. The summed E-state index contributed by atoms with van der Waals surface area (Å²) in [5.74, 6) is -0.0337. The van der Waals surface area contributed by atoms with Gasteiger partial charge in [-0.25, -0.2) is 19.7 Å². The number of carboxylic acids is 1. The van der Waals surface area contributed by atoms with Crippen molar-refractivity contribution in [3.63, 3.8) is 0 Å². The maximum atomic E-state index is 10.8. The van der Waals surface area contributed by atoms with Crippen molar-refractivity contribution >= 4 is 38.6 Å². The van der Waals surface area contributed by atoms with Crippen LogP contribution in [-0.2, 0) is 4.79 Å². The molecule has 0 saturated heterocycles. The first-order valence-electron chi connectivity index (χ1n) is 8.52. The van der Waals surface area contributed by atoms with E-state index in [2.05, 4.69) is 9.97 Å². The van der Waals surface area contributed by atoms with Gasteiger partial charge >= 0.3 is 5.97 Å². The average molecular weight is 395 g/mol. The van der Waals surface area contributed by atoms with Crippen LogP contribution in [0.2, 0.25) is 0 Å². The van der Waals surface area contributed by atoms with Gasteiger partial charge in [-0.15, -0.1) is 11.3 Å². The standard InChI is InChI=1S/C20H17N3O4S/c1-10-4-13(19-14(5-10)22-16(26-3)8-21-19)20-23-18-11(2)6-12(7-15(18)28-20)27-9-17(24)25/h4-8H,9H2,1-3H3,(H,24,25). The number of hydrogen-bond donors (Lipinski definition) is 1. The summed E-state index contributed by atoms with van der Waals surface area (Å²) in [6.07, 6.45) is 1.59. The predicted octanol–water partition coefficient (Wildman–Crippen LogP) is 4.00. The zero-order valence-corrected chi connectivity index (χ0v) is 16.3. The molecular formula is C20H17N3O4S. The number of benzene rings is 2. The second kappa shape index (κ2) is 7.05. The molecule has 1 N–H and O–H groups in total. The van der Waals surface area contributed by atoms with Gasteiger partial charge in [0.05, 0.1) is 34.6 Å². The molecule has 2 aromatic heterocycles. The molecule has 8 heteroatoms. The zero-order valence-electron chi connectivity index (χ0n) is 15.5. The summed E-state index contributed by atoms with van der Waals surface area (Å²) in [5.41, 5.74) is 5.23. The molecule has 0 unspecified atom stereocenters. The van der Waals surface area contributed by atoms with Gasteiger partial charge in [-0.3, -0.25) is 0 Å². The van der Waals surface area contributed by atoms with Crippen LogP contribution in [0.4, 0.5) is 0 Å². The van der Waals surface area contributed by atoms with E-state index in [-0.39, 0.29) is 6.61 Å². The van der Waals surface area contributed by atoms with Crippen molar-refractivity contribution in [3.8, 4) is 22.2 Å². The van der Waals surface area contributed by atoms with Crippen molar-refractivity contribution in [2.75, 3.05) is 13.7 Å². The lowest BCUT2D eigenvalue weighted by Crippen LogP contribution is -2.09. The highest BCUT2D eigenvalue weighted by atomic mass is 32.1. The third kappa shape index (κ3) is 3.34. The Morgan fingerprint density at radius 3 is 2.71 bits per heavy atom. The van der Waals surface area contributed by atoms with Crippen molar-refractivity contribution in [3.05, 3.63) is 41.6 Å². The van der Waals surface area contributed by atoms with E-state index in [9.17, 15) is 4.79 Å². The highest BCUT2D eigenvalue weighted by Gasteiger charge is 2.15. The molecular weight excluding hydrogens is 378 g/mol. The number of aryl methyl sites for hydroxylation is 2. The number of aromatic nitrogens is 3. The molecule has 0 spiro atoms. The Morgan fingerprint density at radius 2 is 1.96 bits per heavy atom. The largest absolute Gasteiger partial charge is 0.482 e. The van der Waals surface area contributed by atoms with Crippen LogP contribution in [0.5, 0.6) is 11.6 Å². The minimum absolute atomic E-state index is 0.378. The molecule has 0 atom stereocenters. The molecule has 0 radical (unpaired) electrons. The molecule has 2 aromatic carbocycles. The van der Waals surface area contributed by atoms with Crippen LogP contribution in [0.15, 0.2) is 30.5 Å². The molecule has 0 fully saturated rings. The summed E-state index contributed by atoms with van der Waals surface area (Å²) in [5, 5.41) is 9.64. The van der Waals surface area contributed by atoms with Crippen LogP contribution < -0.4 is 9.47 Å². The first-order valence-corrected chi connectivity index (χ1v) is 9.34. The fraction of sp³-hybridized carbons (Fsp3) is 0.200. The summed E-state index contributed by atoms with van der Waals surface area (Å²) in [4.78, 5) is 24.6. The fourth-order valence-electron chi connectivity index (χ4n) is 3.02. The molecule has 142 valence electrons. The number of fused-ring (bicyclic) bond motifs is 2. The lowest BCUT2D eigenvalue weighted by Gasteiger charge is -2.06. The average Bonchev–Trinajstić information content (AvgIpc) is 3.09. The molecule has 0 aliphatic carbocycles. The van der Waals surface area contributed by atoms with Gasteiger partial charge < -0.3 is 14.6 Å². The summed E-state index contributed by atoms with van der Waals surface area (Å²) < 4.78 is 11.4. The topological polar surface area (TPSA) is 94.4 Å². The van der Waals surface area contributed by atoms with Gasteiger partial charge in [0, 0.05) is 5.56 Å². The number of aliphatic carboxylic acids is 1. The zero-order chi connectivity index (χ0) is 19.8. The maximum Gasteiger partial charge on any atom is 0.341 e. The van der Waals surface area contributed by atoms with E-state index >= 15 is 0 Å². The van der Waals surface area contributed by atoms with E-state index < -0.39 is 5.97 Å². The van der Waals surface area contributed by atoms with Crippen LogP contribution in [0.1, 0.15) is 11.1 Å². The minimum atomic E-state index is -1.01. The van der Waals surface area contributed by atoms with E-state index in [0.29, 0.717) is 11.6 Å². The summed E-state index contributed by atoms with van der Waals surface area (Å²) >= 11 is 1.51. The van der Waals surface area contributed by atoms with Crippen LogP contribution in [0.3, 0.4) is 0 Å². The van der Waals surface area contributed by atoms with Crippen molar-refractivity contribution in [2.45, 2.75) is 13.8 Å². The Morgan fingerprint density at radius 1 is 1.14 bits per heavy atom. The lowest BCUT2D eigenvalue weighted by molar-refractivity contribution is -0.139. The normalized spacial score (nSPS) is 11.1. The van der Waals surface area contributed by atoms with E-state index in [1.54, 1.807) is 19.4 Å². The quantitative estimate of drug-likeness (QED) is 0.546. The maximum absolute atomic E-state index is 10.8. The van der Waals surface area contributed by atoms with Crippen LogP contribution in [0.25, 0.3) is 31.8 Å². The number of carbonyl (C=O) groups is 1. The van der Waals surface area contributed by atoms with Crippen molar-refractivity contribution < 1.29 is 19.4 Å². The third-order valence-electron chi connectivity index (χ3n) is 4.23. The molecule has 0 saturated carbocycles. The van der Waals surface area contributed by atoms with Gasteiger partial charge in [0.1, 0.15) is 10.8 Å². The van der Waals surface area contributed by atoms with Gasteiger partial charge in [0.15, 0.2) is 6.61 Å². The summed E-state index contributed by atoms with van der Waals surface area (Å²) in [6, 6.07) is 7.62. The molecule has 0 bridgehead atoms. The second-order valence-electron chi connectivity index (χ2n) is 6.38. The first-order chi connectivity index (χ1) is 13.4. The molecule has 4 rings (SSSR count). The monoisotopic (exact) mass is 395 g/mol. The minimum Gasteiger partial charge on any atom is -0.482 e. The number of ether oxygens (including phenoxy) is 2. The van der Waals surface area contributed by atoms with E-state index in [0.717, 1.165) is 42.9 Å². The lowest BCUT2D eigenvalue weighted by atomic mass is 10.1.